The molecule has 1 fully saturated rings. The lowest BCUT2D eigenvalue weighted by molar-refractivity contribution is -0.139. The first-order chi connectivity index (χ1) is 6.11. The molecule has 0 aliphatic carbocycles. The Kier molecular flexibility index (Phi) is 4.33. The molecule has 13 heavy (non-hydrogen) atoms. The molecule has 78 valence electrons. The number of β-amino-alcohol motifs (C(OH)–C–C–N with tert-alkyl or cyclic N) is 1. The largest absolute Gasteiger partial charge is 0.395 e. The molecule has 0 saturated carbocycles. The summed E-state index contributed by atoms with van der Waals surface area (Å²) in [6.07, 6.45) is -3.17. The maximum Gasteiger partial charge on any atom is 0.109 e. The van der Waals surface area contributed by atoms with Gasteiger partial charge in [0.2, 0.25) is 0 Å². The van der Waals surface area contributed by atoms with Gasteiger partial charge in [-0.2, -0.15) is 0 Å². The molecule has 1 saturated heterocycles. The molecule has 0 bridgehead atoms. The number of hydrogen-bond donors (Lipinski definition) is 4. The Balaban J connectivity index is 2.69. The quantitative estimate of drug-likeness (QED) is 0.273. The fourth-order valence-corrected chi connectivity index (χ4v) is 2.30. The van der Waals surface area contributed by atoms with Crippen molar-refractivity contribution in [2.45, 2.75) is 24.4 Å². The molecule has 0 aromatic heterocycles. The van der Waals surface area contributed by atoms with Crippen LogP contribution in [0.15, 0.2) is 0 Å². The average Bonchev–Trinajstić information content (AvgIpc) is 2.13. The third-order valence-electron chi connectivity index (χ3n) is 2.37. The normalized spacial score (nSPS) is 42.2. The summed E-state index contributed by atoms with van der Waals surface area (Å²) in [7, 11) is 0. The number of aliphatic hydroxyl groups is 4. The van der Waals surface area contributed by atoms with Crippen LogP contribution >= 0.6 is 22.6 Å². The zero-order valence-corrected chi connectivity index (χ0v) is 9.20. The molecule has 1 rings (SSSR count). The van der Waals surface area contributed by atoms with E-state index in [1.807, 2.05) is 0 Å². The van der Waals surface area contributed by atoms with Crippen molar-refractivity contribution in [2.75, 3.05) is 17.7 Å². The van der Waals surface area contributed by atoms with E-state index in [0.717, 1.165) is 0 Å². The van der Waals surface area contributed by atoms with E-state index < -0.39 is 24.4 Å². The van der Waals surface area contributed by atoms with Crippen molar-refractivity contribution in [3.8, 4) is 0 Å². The number of rotatable bonds is 2. The molecule has 0 radical (unpaired) electrons. The van der Waals surface area contributed by atoms with Crippen LogP contribution in [0, 0.1) is 0 Å². The van der Waals surface area contributed by atoms with Gasteiger partial charge in [-0.3, -0.25) is 4.90 Å². The monoisotopic (exact) mass is 303 g/mol. The molecule has 0 aromatic rings. The maximum absolute atomic E-state index is 9.49. The number of hydrogen-bond acceptors (Lipinski definition) is 5. The van der Waals surface area contributed by atoms with Crippen LogP contribution in [0.2, 0.25) is 0 Å². The lowest BCUT2D eigenvalue weighted by Gasteiger charge is -2.42. The van der Waals surface area contributed by atoms with Gasteiger partial charge >= 0.3 is 0 Å². The zero-order chi connectivity index (χ0) is 10.0. The van der Waals surface area contributed by atoms with Gasteiger partial charge in [0.05, 0.1) is 23.3 Å². The minimum absolute atomic E-state index is 0.214. The number of halogens is 1. The van der Waals surface area contributed by atoms with E-state index >= 15 is 0 Å². The van der Waals surface area contributed by atoms with E-state index in [2.05, 4.69) is 22.6 Å². The summed E-state index contributed by atoms with van der Waals surface area (Å²) in [4.78, 5) is 1.74. The Hall–Kier alpha value is 0.530. The Morgan fingerprint density at radius 3 is 2.31 bits per heavy atom. The van der Waals surface area contributed by atoms with Crippen molar-refractivity contribution < 1.29 is 20.4 Å². The van der Waals surface area contributed by atoms with E-state index in [-0.39, 0.29) is 13.2 Å². The second-order valence-corrected chi connectivity index (χ2v) is 3.87. The Morgan fingerprint density at radius 1 is 1.23 bits per heavy atom. The van der Waals surface area contributed by atoms with Crippen molar-refractivity contribution in [1.82, 2.24) is 4.90 Å². The van der Waals surface area contributed by atoms with Crippen molar-refractivity contribution in [3.05, 3.63) is 0 Å². The predicted octanol–water partition coefficient (Wildman–Crippen LogP) is -1.86. The molecule has 0 spiro atoms. The molecular formula is C7H14INO4. The summed E-state index contributed by atoms with van der Waals surface area (Å²) in [5, 5.41) is 37.1. The summed E-state index contributed by atoms with van der Waals surface area (Å²) in [6, 6.07) is -0.477. The van der Waals surface area contributed by atoms with Crippen molar-refractivity contribution in [3.63, 3.8) is 0 Å². The van der Waals surface area contributed by atoms with Crippen molar-refractivity contribution >= 4 is 22.6 Å². The van der Waals surface area contributed by atoms with Gasteiger partial charge in [0.15, 0.2) is 0 Å². The van der Waals surface area contributed by atoms with Crippen LogP contribution in [-0.2, 0) is 0 Å². The molecular weight excluding hydrogens is 289 g/mol. The first-order valence-corrected chi connectivity index (χ1v) is 5.59. The van der Waals surface area contributed by atoms with E-state index in [1.165, 1.54) is 0 Å². The van der Waals surface area contributed by atoms with Crippen LogP contribution < -0.4 is 0 Å². The number of alkyl halides is 1. The number of likely N-dealkylation sites (tertiary alicyclic amines) is 1. The number of piperidine rings is 1. The maximum atomic E-state index is 9.49. The topological polar surface area (TPSA) is 84.2 Å². The van der Waals surface area contributed by atoms with Gasteiger partial charge < -0.3 is 20.4 Å². The van der Waals surface area contributed by atoms with Gasteiger partial charge in [0.1, 0.15) is 12.2 Å². The molecule has 1 aliphatic heterocycles. The predicted molar refractivity (Wildman–Crippen MR) is 54.5 cm³/mol. The Bertz CT molecular complexity index is 169. The third-order valence-corrected chi connectivity index (χ3v) is 3.25. The molecule has 1 heterocycles. The Morgan fingerprint density at radius 2 is 1.85 bits per heavy atom. The highest BCUT2D eigenvalue weighted by Gasteiger charge is 2.40. The highest BCUT2D eigenvalue weighted by Crippen LogP contribution is 2.19. The molecule has 6 heteroatoms. The van der Waals surface area contributed by atoms with E-state index in [1.54, 1.807) is 4.90 Å². The average molecular weight is 303 g/mol. The van der Waals surface area contributed by atoms with Crippen molar-refractivity contribution in [2.24, 2.45) is 0 Å². The summed E-state index contributed by atoms with van der Waals surface area (Å²) in [5.41, 5.74) is 0. The van der Waals surface area contributed by atoms with Crippen LogP contribution in [0.5, 0.6) is 0 Å². The molecule has 0 aromatic carbocycles. The van der Waals surface area contributed by atoms with Crippen molar-refractivity contribution in [1.29, 1.82) is 0 Å². The standard InChI is InChI=1S/C7H14INO4/c8-3-9-1-5(11)7(13)6(12)4(9)2-10/h4-7,10-13H,1-3H2. The fraction of sp³-hybridized carbons (Fsp3) is 1.00. The number of nitrogens with zero attached hydrogens (tertiary/aromatic N) is 1. The highest BCUT2D eigenvalue weighted by atomic mass is 127. The van der Waals surface area contributed by atoms with E-state index in [0.29, 0.717) is 4.55 Å². The molecule has 4 N–H and O–H groups in total. The van der Waals surface area contributed by atoms with E-state index in [4.69, 9.17) is 5.11 Å². The van der Waals surface area contributed by atoms with Gasteiger partial charge in [-0.15, -0.1) is 0 Å². The lowest BCUT2D eigenvalue weighted by Crippen LogP contribution is -2.62. The highest BCUT2D eigenvalue weighted by molar-refractivity contribution is 14.1. The van der Waals surface area contributed by atoms with Gasteiger partial charge in [-0.25, -0.2) is 0 Å². The lowest BCUT2D eigenvalue weighted by atomic mass is 9.95. The first-order valence-electron chi connectivity index (χ1n) is 4.07. The van der Waals surface area contributed by atoms with Gasteiger partial charge in [-0.05, 0) is 0 Å². The summed E-state index contributed by atoms with van der Waals surface area (Å²) in [5.74, 6) is 0. The summed E-state index contributed by atoms with van der Waals surface area (Å²) >= 11 is 2.08. The second-order valence-electron chi connectivity index (χ2n) is 3.19. The third kappa shape index (κ3) is 2.31. The molecule has 1 aliphatic rings. The Labute approximate surface area is 90.1 Å². The first kappa shape index (κ1) is 11.6. The van der Waals surface area contributed by atoms with Gasteiger partial charge in [0.25, 0.3) is 0 Å². The minimum Gasteiger partial charge on any atom is -0.395 e. The van der Waals surface area contributed by atoms with Crippen LogP contribution in [0.3, 0.4) is 0 Å². The van der Waals surface area contributed by atoms with Crippen LogP contribution in [-0.4, -0.2) is 67.4 Å². The molecule has 4 unspecified atom stereocenters. The summed E-state index contributed by atoms with van der Waals surface area (Å²) < 4.78 is 0.601. The zero-order valence-electron chi connectivity index (χ0n) is 7.04. The fourth-order valence-electron chi connectivity index (χ4n) is 1.52. The molecule has 4 atom stereocenters. The van der Waals surface area contributed by atoms with E-state index in [9.17, 15) is 15.3 Å². The van der Waals surface area contributed by atoms with Gasteiger partial charge in [0, 0.05) is 6.54 Å². The molecule has 5 nitrogen and oxygen atoms in total. The summed E-state index contributed by atoms with van der Waals surface area (Å²) in [6.45, 7) is 0.0698. The second kappa shape index (κ2) is 4.85. The van der Waals surface area contributed by atoms with Crippen LogP contribution in [0.25, 0.3) is 0 Å². The van der Waals surface area contributed by atoms with Crippen LogP contribution in [0.1, 0.15) is 0 Å². The smallest absolute Gasteiger partial charge is 0.109 e. The SMILES string of the molecule is OCC1C(O)C(O)C(O)CN1CI. The minimum atomic E-state index is -1.16. The molecule has 0 amide bonds. The number of aliphatic hydroxyl groups excluding tert-OH is 4. The van der Waals surface area contributed by atoms with Gasteiger partial charge in [-0.1, -0.05) is 22.6 Å². The van der Waals surface area contributed by atoms with Crippen LogP contribution in [0.4, 0.5) is 0 Å².